The molecule has 23 heavy (non-hydrogen) atoms. The molecule has 0 bridgehead atoms. The minimum absolute atomic E-state index is 0.518. The van der Waals surface area contributed by atoms with E-state index < -0.39 is 74.4 Å². The first-order valence-electron chi connectivity index (χ1n) is 7.40. The van der Waals surface area contributed by atoms with E-state index in [1.165, 1.54) is 6.92 Å². The van der Waals surface area contributed by atoms with Crippen molar-refractivity contribution < 1.29 is 50.0 Å². The number of aliphatic hydroxyl groups excluding tert-OH is 7. The van der Waals surface area contributed by atoms with E-state index in [0.29, 0.717) is 0 Å². The Balaban J connectivity index is 2.11. The van der Waals surface area contributed by atoms with Crippen LogP contribution in [0.4, 0.5) is 0 Å². The van der Waals surface area contributed by atoms with Crippen molar-refractivity contribution in [3.05, 3.63) is 0 Å². The molecule has 2 saturated heterocycles. The lowest BCUT2D eigenvalue weighted by molar-refractivity contribution is -0.341. The topological polar surface area (TPSA) is 169 Å². The molecular weight excluding hydrogens is 316 g/mol. The van der Waals surface area contributed by atoms with Crippen LogP contribution in [0.2, 0.25) is 0 Å². The Kier molecular flexibility index (Phi) is 6.30. The van der Waals surface area contributed by atoms with Crippen molar-refractivity contribution in [1.29, 1.82) is 0 Å². The minimum Gasteiger partial charge on any atom is -0.394 e. The number of rotatable bonds is 4. The Labute approximate surface area is 132 Å². The van der Waals surface area contributed by atoms with Crippen LogP contribution in [0.1, 0.15) is 6.92 Å². The molecule has 0 aromatic heterocycles. The molecule has 0 amide bonds. The van der Waals surface area contributed by atoms with Crippen LogP contribution in [-0.2, 0) is 14.2 Å². The lowest BCUT2D eigenvalue weighted by atomic mass is 9.95. The van der Waals surface area contributed by atoms with Gasteiger partial charge in [0, 0.05) is 0 Å². The third-order valence-corrected chi connectivity index (χ3v) is 4.24. The predicted octanol–water partition coefficient (Wildman–Crippen LogP) is -4.33. The van der Waals surface area contributed by atoms with Gasteiger partial charge in [0.25, 0.3) is 0 Å². The molecular formula is C13H24O10. The summed E-state index contributed by atoms with van der Waals surface area (Å²) in [5, 5.41) is 67.8. The summed E-state index contributed by atoms with van der Waals surface area (Å²) in [5.74, 6) is 0. The summed E-state index contributed by atoms with van der Waals surface area (Å²) >= 11 is 0. The van der Waals surface area contributed by atoms with Crippen molar-refractivity contribution in [1.82, 2.24) is 0 Å². The molecule has 0 radical (unpaired) electrons. The Morgan fingerprint density at radius 3 is 1.91 bits per heavy atom. The van der Waals surface area contributed by atoms with E-state index in [1.54, 1.807) is 0 Å². The molecule has 0 saturated carbocycles. The van der Waals surface area contributed by atoms with Gasteiger partial charge in [-0.2, -0.15) is 0 Å². The molecule has 2 fully saturated rings. The van der Waals surface area contributed by atoms with Gasteiger partial charge in [-0.1, -0.05) is 0 Å². The van der Waals surface area contributed by atoms with Crippen molar-refractivity contribution in [2.24, 2.45) is 0 Å². The summed E-state index contributed by atoms with van der Waals surface area (Å²) in [7, 11) is 0. The molecule has 6 unspecified atom stereocenters. The first-order chi connectivity index (χ1) is 10.8. The molecule has 136 valence electrons. The molecule has 10 nitrogen and oxygen atoms in total. The number of aliphatic hydroxyl groups is 7. The first kappa shape index (κ1) is 18.9. The normalized spacial score (nSPS) is 51.7. The lowest BCUT2D eigenvalue weighted by Gasteiger charge is -2.45. The summed E-state index contributed by atoms with van der Waals surface area (Å²) < 4.78 is 15.9. The van der Waals surface area contributed by atoms with Crippen LogP contribution < -0.4 is 0 Å². The summed E-state index contributed by atoms with van der Waals surface area (Å²) in [6.07, 6.45) is -13.2. The Morgan fingerprint density at radius 2 is 1.35 bits per heavy atom. The SMILES string of the molecule is CC1OC(CO)[C@@H](O[C@H]2OC(CO)[C@@H](O)[C@H](O)C2O)C(O)C1O. The molecule has 7 N–H and O–H groups in total. The van der Waals surface area contributed by atoms with Gasteiger partial charge in [-0.25, -0.2) is 0 Å². The van der Waals surface area contributed by atoms with Crippen LogP contribution >= 0.6 is 0 Å². The highest BCUT2D eigenvalue weighted by atomic mass is 16.7. The quantitative estimate of drug-likeness (QED) is 0.265. The van der Waals surface area contributed by atoms with Crippen LogP contribution in [0.5, 0.6) is 0 Å². The second-order valence-corrected chi connectivity index (χ2v) is 5.84. The first-order valence-corrected chi connectivity index (χ1v) is 7.40. The zero-order valence-corrected chi connectivity index (χ0v) is 12.5. The van der Waals surface area contributed by atoms with Gasteiger partial charge in [0.1, 0.15) is 48.8 Å². The number of hydrogen-bond donors (Lipinski definition) is 7. The smallest absolute Gasteiger partial charge is 0.187 e. The highest BCUT2D eigenvalue weighted by Crippen LogP contribution is 2.28. The molecule has 2 rings (SSSR count). The second kappa shape index (κ2) is 7.66. The fourth-order valence-electron chi connectivity index (χ4n) is 2.78. The zero-order valence-electron chi connectivity index (χ0n) is 12.5. The Hall–Kier alpha value is -0.400. The van der Waals surface area contributed by atoms with Gasteiger partial charge in [-0.05, 0) is 6.92 Å². The largest absolute Gasteiger partial charge is 0.394 e. The van der Waals surface area contributed by atoms with E-state index in [2.05, 4.69) is 0 Å². The summed E-state index contributed by atoms with van der Waals surface area (Å²) in [5.41, 5.74) is 0. The van der Waals surface area contributed by atoms with Crippen LogP contribution in [0.15, 0.2) is 0 Å². The summed E-state index contributed by atoms with van der Waals surface area (Å²) in [6, 6.07) is 0. The maximum atomic E-state index is 10.1. The molecule has 2 aliphatic heterocycles. The van der Waals surface area contributed by atoms with Gasteiger partial charge < -0.3 is 50.0 Å². The van der Waals surface area contributed by atoms with Crippen molar-refractivity contribution in [2.75, 3.05) is 13.2 Å². The molecule has 0 spiro atoms. The molecule has 0 aromatic carbocycles. The monoisotopic (exact) mass is 340 g/mol. The maximum absolute atomic E-state index is 10.1. The Bertz CT molecular complexity index is 378. The third-order valence-electron chi connectivity index (χ3n) is 4.24. The highest BCUT2D eigenvalue weighted by molar-refractivity contribution is 4.94. The molecule has 10 heteroatoms. The van der Waals surface area contributed by atoms with E-state index in [1.807, 2.05) is 0 Å². The summed E-state index contributed by atoms with van der Waals surface area (Å²) in [6.45, 7) is 0.369. The van der Waals surface area contributed by atoms with Crippen molar-refractivity contribution in [3.63, 3.8) is 0 Å². The number of hydrogen-bond acceptors (Lipinski definition) is 10. The molecule has 2 aliphatic rings. The number of ether oxygens (including phenoxy) is 3. The van der Waals surface area contributed by atoms with Crippen LogP contribution in [-0.4, -0.2) is 110 Å². The van der Waals surface area contributed by atoms with Gasteiger partial charge in [-0.3, -0.25) is 0 Å². The van der Waals surface area contributed by atoms with Crippen LogP contribution in [0.3, 0.4) is 0 Å². The highest BCUT2D eigenvalue weighted by Gasteiger charge is 2.49. The predicted molar refractivity (Wildman–Crippen MR) is 72.1 cm³/mol. The van der Waals surface area contributed by atoms with Gasteiger partial charge >= 0.3 is 0 Å². The van der Waals surface area contributed by atoms with E-state index in [0.717, 1.165) is 0 Å². The fourth-order valence-corrected chi connectivity index (χ4v) is 2.78. The van der Waals surface area contributed by atoms with Gasteiger partial charge in [0.2, 0.25) is 0 Å². The van der Waals surface area contributed by atoms with Gasteiger partial charge in [0.15, 0.2) is 6.29 Å². The minimum atomic E-state index is -1.66. The van der Waals surface area contributed by atoms with E-state index in [-0.39, 0.29) is 0 Å². The van der Waals surface area contributed by atoms with E-state index in [9.17, 15) is 30.6 Å². The third kappa shape index (κ3) is 3.66. The van der Waals surface area contributed by atoms with E-state index in [4.69, 9.17) is 19.3 Å². The van der Waals surface area contributed by atoms with Crippen LogP contribution in [0, 0.1) is 0 Å². The lowest BCUT2D eigenvalue weighted by Crippen LogP contribution is -2.64. The van der Waals surface area contributed by atoms with E-state index >= 15 is 0 Å². The van der Waals surface area contributed by atoms with Crippen molar-refractivity contribution in [2.45, 2.75) is 68.1 Å². The van der Waals surface area contributed by atoms with Crippen molar-refractivity contribution >= 4 is 0 Å². The molecule has 10 atom stereocenters. The molecule has 0 aliphatic carbocycles. The second-order valence-electron chi connectivity index (χ2n) is 5.84. The zero-order chi connectivity index (χ0) is 17.3. The molecule has 2 heterocycles. The molecule has 0 aromatic rings. The van der Waals surface area contributed by atoms with Gasteiger partial charge in [0.05, 0.1) is 19.3 Å². The van der Waals surface area contributed by atoms with Crippen molar-refractivity contribution in [3.8, 4) is 0 Å². The van der Waals surface area contributed by atoms with Crippen LogP contribution in [0.25, 0.3) is 0 Å². The standard InChI is InChI=1S/C13H24O10/c1-4-7(16)10(19)12(6(3-15)21-4)23-13-11(20)9(18)8(17)5(2-14)22-13/h4-20H,2-3H2,1H3/t4?,5?,6?,7?,8-,9+,10?,11?,12-,13-/m1/s1. The fraction of sp³-hybridized carbons (Fsp3) is 1.00. The summed E-state index contributed by atoms with van der Waals surface area (Å²) in [4.78, 5) is 0. The average molecular weight is 340 g/mol. The van der Waals surface area contributed by atoms with Gasteiger partial charge in [-0.15, -0.1) is 0 Å². The average Bonchev–Trinajstić information content (AvgIpc) is 2.55. The maximum Gasteiger partial charge on any atom is 0.187 e. The Morgan fingerprint density at radius 1 is 0.739 bits per heavy atom.